The SMILES string of the molecule is CC(C)(C)c1ccnc(-n2c3[c-]c(Oc4[c-]c(N5[CH-]N(c6c(-c7ccccc7)cc(C7(c8ccccc8)c8ccccc8-c8ccccc87)cc6-c6ccccc6)c6ccccc65)cc5c4C(C)(C)CC5(C)C)ccc3c3ccccc32)c1.[Pt]. The van der Waals surface area contributed by atoms with Crippen molar-refractivity contribution < 1.29 is 25.8 Å². The molecule has 0 spiro atoms. The molecule has 0 saturated carbocycles. The maximum absolute atomic E-state index is 7.34. The number of fused-ring (bicyclic) bond motifs is 8. The first-order valence-corrected chi connectivity index (χ1v) is 29.1. The van der Waals surface area contributed by atoms with E-state index in [1.165, 1.54) is 50.1 Å². The fourth-order valence-electron chi connectivity index (χ4n) is 14.5. The quantitative estimate of drug-likeness (QED) is 0.135. The van der Waals surface area contributed by atoms with Crippen LogP contribution >= 0.6 is 0 Å². The molecule has 15 rings (SSSR count). The first-order valence-electron chi connectivity index (χ1n) is 29.1. The third kappa shape index (κ3) is 8.33. The van der Waals surface area contributed by atoms with Crippen molar-refractivity contribution >= 4 is 44.6 Å². The molecule has 10 aromatic carbocycles. The third-order valence-electron chi connectivity index (χ3n) is 17.9. The molecule has 0 bridgehead atoms. The summed E-state index contributed by atoms with van der Waals surface area (Å²) in [6.07, 6.45) is 2.88. The molecule has 0 unspecified atom stereocenters. The molecule has 3 aliphatic rings. The molecule has 2 aliphatic carbocycles. The minimum atomic E-state index is -0.623. The number of aromatic nitrogens is 2. The van der Waals surface area contributed by atoms with Crippen LogP contribution in [0.25, 0.3) is 61.0 Å². The summed E-state index contributed by atoms with van der Waals surface area (Å²) in [5.74, 6) is 2.19. The monoisotopic (exact) mass is 1270 g/mol. The van der Waals surface area contributed by atoms with E-state index in [1.807, 2.05) is 6.20 Å². The first kappa shape index (κ1) is 53.3. The number of hydrogen-bond donors (Lipinski definition) is 0. The molecule has 0 amide bonds. The van der Waals surface area contributed by atoms with Crippen molar-refractivity contribution in [2.75, 3.05) is 9.80 Å². The zero-order chi connectivity index (χ0) is 56.4. The molecule has 2 aromatic heterocycles. The summed E-state index contributed by atoms with van der Waals surface area (Å²) in [6.45, 7) is 18.5. The van der Waals surface area contributed by atoms with Crippen LogP contribution in [0.5, 0.6) is 11.5 Å². The van der Waals surface area contributed by atoms with E-state index in [0.29, 0.717) is 11.5 Å². The van der Waals surface area contributed by atoms with E-state index in [4.69, 9.17) is 9.72 Å². The Hall–Kier alpha value is -8.76. The van der Waals surface area contributed by atoms with Crippen molar-refractivity contribution in [3.63, 3.8) is 0 Å². The molecule has 6 heteroatoms. The van der Waals surface area contributed by atoms with Gasteiger partial charge >= 0.3 is 0 Å². The maximum Gasteiger partial charge on any atom is 0.135 e. The second kappa shape index (κ2) is 20.0. The summed E-state index contributed by atoms with van der Waals surface area (Å²) in [6, 6.07) is 92.2. The largest absolute Gasteiger partial charge is 0.509 e. The average Bonchev–Trinajstić information content (AvgIpc) is 1.58. The molecule has 0 N–H and O–H groups in total. The Balaban J connectivity index is 0.00000627. The van der Waals surface area contributed by atoms with Gasteiger partial charge in [-0.25, -0.2) is 4.98 Å². The number of ether oxygens (including phenoxy) is 1. The number of hydrogen-bond acceptors (Lipinski definition) is 4. The maximum atomic E-state index is 7.34. The second-order valence-electron chi connectivity index (χ2n) is 25.1. The van der Waals surface area contributed by atoms with Gasteiger partial charge in [0.2, 0.25) is 0 Å². The molecule has 12 aromatic rings. The van der Waals surface area contributed by atoms with E-state index in [0.717, 1.165) is 79.0 Å². The zero-order valence-electron chi connectivity index (χ0n) is 48.3. The minimum absolute atomic E-state index is 0. The van der Waals surface area contributed by atoms with Crippen LogP contribution in [0.2, 0.25) is 0 Å². The third-order valence-corrected chi connectivity index (χ3v) is 17.9. The number of benzene rings is 10. The van der Waals surface area contributed by atoms with Gasteiger partial charge in [-0.1, -0.05) is 229 Å². The second-order valence-corrected chi connectivity index (χ2v) is 25.1. The van der Waals surface area contributed by atoms with Crippen LogP contribution in [-0.4, -0.2) is 9.55 Å². The van der Waals surface area contributed by atoms with Crippen molar-refractivity contribution in [2.45, 2.75) is 76.5 Å². The molecule has 0 saturated heterocycles. The molecule has 0 fully saturated rings. The van der Waals surface area contributed by atoms with Crippen LogP contribution in [-0.2, 0) is 42.7 Å². The molecular weight excluding hydrogens is 1200 g/mol. The molecule has 84 heavy (non-hydrogen) atoms. The van der Waals surface area contributed by atoms with Crippen molar-refractivity contribution in [3.05, 3.63) is 294 Å². The van der Waals surface area contributed by atoms with Gasteiger partial charge in [0.1, 0.15) is 5.82 Å². The summed E-state index contributed by atoms with van der Waals surface area (Å²) in [4.78, 5) is 9.73. The molecule has 414 valence electrons. The molecule has 0 radical (unpaired) electrons. The fraction of sp³-hybridized carbons (Fsp3) is 0.154. The smallest absolute Gasteiger partial charge is 0.135 e. The van der Waals surface area contributed by atoms with Crippen LogP contribution in [0.4, 0.5) is 22.7 Å². The average molecular weight is 1270 g/mol. The number of nitrogens with zero attached hydrogens (tertiary/aromatic N) is 4. The van der Waals surface area contributed by atoms with Crippen molar-refractivity contribution in [2.24, 2.45) is 0 Å². The number of rotatable bonds is 9. The normalized spacial score (nSPS) is 15.1. The standard InChI is InChI=1S/C78H63N4O.Pt/c1-75(2,3)54-41-42-79-72(45-54)82-67-36-22-19-33-60(67)61-40-39-57(48-70(61)82)83-71-47-56(46-66-73(71)77(6,7)49-76(66,4)5)80-50-81(69-38-24-23-37-68(69)80)74-62(51-25-11-8-12-26-51)43-55(44-63(74)52-27-13-9-14-28-52)78(53-29-15-10-16-30-53)64-34-20-17-31-58(64)59-32-18-21-35-65(59)78;/h8-46,50H,49H2,1-7H3;/q-3;. The van der Waals surface area contributed by atoms with Crippen LogP contribution in [0.1, 0.15) is 93.8 Å². The number of anilines is 4. The summed E-state index contributed by atoms with van der Waals surface area (Å²) in [5, 5.41) is 2.23. The van der Waals surface area contributed by atoms with Gasteiger partial charge in [0, 0.05) is 72.5 Å². The Morgan fingerprint density at radius 1 is 0.512 bits per heavy atom. The van der Waals surface area contributed by atoms with Crippen LogP contribution in [0.3, 0.4) is 0 Å². The first-order chi connectivity index (χ1) is 40.3. The van der Waals surface area contributed by atoms with Crippen molar-refractivity contribution in [1.82, 2.24) is 9.55 Å². The number of pyridine rings is 1. The van der Waals surface area contributed by atoms with Gasteiger partial charge in [0.05, 0.1) is 5.41 Å². The van der Waals surface area contributed by atoms with Gasteiger partial charge in [-0.05, 0) is 115 Å². The van der Waals surface area contributed by atoms with Crippen LogP contribution < -0.4 is 14.5 Å². The zero-order valence-corrected chi connectivity index (χ0v) is 50.6. The molecule has 0 atom stereocenters. The predicted molar refractivity (Wildman–Crippen MR) is 342 cm³/mol. The van der Waals surface area contributed by atoms with Gasteiger partial charge in [-0.3, -0.25) is 0 Å². The minimum Gasteiger partial charge on any atom is -0.509 e. The fourth-order valence-corrected chi connectivity index (χ4v) is 14.5. The van der Waals surface area contributed by atoms with E-state index in [-0.39, 0.29) is 37.3 Å². The molecule has 3 heterocycles. The van der Waals surface area contributed by atoms with Gasteiger partial charge in [0.15, 0.2) is 0 Å². The predicted octanol–water partition coefficient (Wildman–Crippen LogP) is 19.9. The van der Waals surface area contributed by atoms with E-state index in [1.54, 1.807) is 0 Å². The van der Waals surface area contributed by atoms with E-state index < -0.39 is 5.41 Å². The Bertz CT molecular complexity index is 4430. The van der Waals surface area contributed by atoms with E-state index in [2.05, 4.69) is 312 Å². The molecular formula is C78H63N4OPt-3. The number of para-hydroxylation sites is 3. The van der Waals surface area contributed by atoms with Gasteiger partial charge < -0.3 is 19.1 Å². The summed E-state index contributed by atoms with van der Waals surface area (Å²) in [7, 11) is 0. The van der Waals surface area contributed by atoms with Gasteiger partial charge in [0.25, 0.3) is 0 Å². The Morgan fingerprint density at radius 3 is 1.73 bits per heavy atom. The van der Waals surface area contributed by atoms with Crippen LogP contribution in [0, 0.1) is 18.8 Å². The summed E-state index contributed by atoms with van der Waals surface area (Å²) < 4.78 is 9.57. The van der Waals surface area contributed by atoms with Crippen LogP contribution in [0.15, 0.2) is 237 Å². The Kier molecular flexibility index (Phi) is 12.7. The van der Waals surface area contributed by atoms with E-state index in [9.17, 15) is 0 Å². The van der Waals surface area contributed by atoms with Gasteiger partial charge in [-0.2, -0.15) is 6.07 Å². The summed E-state index contributed by atoms with van der Waals surface area (Å²) in [5.41, 5.74) is 20.7. The van der Waals surface area contributed by atoms with Crippen molar-refractivity contribution in [1.29, 1.82) is 0 Å². The van der Waals surface area contributed by atoms with E-state index >= 15 is 0 Å². The van der Waals surface area contributed by atoms with Gasteiger partial charge in [-0.15, -0.1) is 53.1 Å². The molecule has 5 nitrogen and oxygen atoms in total. The topological polar surface area (TPSA) is 33.5 Å². The molecule has 1 aliphatic heterocycles. The van der Waals surface area contributed by atoms with Crippen molar-refractivity contribution in [3.8, 4) is 50.7 Å². The summed E-state index contributed by atoms with van der Waals surface area (Å²) >= 11 is 0. The Morgan fingerprint density at radius 2 is 1.08 bits per heavy atom. The Labute approximate surface area is 508 Å².